The minimum Gasteiger partial charge on any atom is -0.465 e. The summed E-state index contributed by atoms with van der Waals surface area (Å²) in [5.74, 6) is -1.49. The number of anilines is 1. The summed E-state index contributed by atoms with van der Waals surface area (Å²) in [7, 11) is 1.25. The maximum atomic E-state index is 12.6. The third-order valence-electron chi connectivity index (χ3n) is 4.27. The van der Waals surface area contributed by atoms with Gasteiger partial charge >= 0.3 is 18.3 Å². The molecular formula is C22H14F3N3O6. The second kappa shape index (κ2) is 9.10. The number of halogens is 3. The van der Waals surface area contributed by atoms with Gasteiger partial charge in [0.15, 0.2) is 5.58 Å². The topological polar surface area (TPSA) is 113 Å². The Morgan fingerprint density at radius 3 is 2.53 bits per heavy atom. The summed E-state index contributed by atoms with van der Waals surface area (Å²) in [4.78, 5) is 32.3. The Balaban J connectivity index is 1.48. The average Bonchev–Trinajstić information content (AvgIpc) is 3.19. The summed E-state index contributed by atoms with van der Waals surface area (Å²) >= 11 is 0. The molecule has 1 amide bonds. The number of nitrogens with one attached hydrogen (secondary N) is 1. The number of pyridine rings is 1. The van der Waals surface area contributed by atoms with Crippen molar-refractivity contribution in [2.45, 2.75) is 6.36 Å². The van der Waals surface area contributed by atoms with E-state index >= 15 is 0 Å². The fraction of sp³-hybridized carbons (Fsp3) is 0.0909. The number of oxazole rings is 1. The second-order valence-electron chi connectivity index (χ2n) is 6.65. The SMILES string of the molecule is COC(=O)c1ccc2oc(NC(=O)c3cc(Oc4cccc(OC(F)(F)F)c4)ccn3)nc2c1. The van der Waals surface area contributed by atoms with E-state index < -0.39 is 24.0 Å². The zero-order valence-corrected chi connectivity index (χ0v) is 17.3. The number of aromatic nitrogens is 2. The van der Waals surface area contributed by atoms with E-state index in [9.17, 15) is 22.8 Å². The van der Waals surface area contributed by atoms with Gasteiger partial charge in [0.2, 0.25) is 0 Å². The van der Waals surface area contributed by atoms with Crippen molar-refractivity contribution in [3.8, 4) is 17.2 Å². The number of nitrogens with zero attached hydrogens (tertiary/aromatic N) is 2. The Morgan fingerprint density at radius 1 is 1.00 bits per heavy atom. The van der Waals surface area contributed by atoms with Crippen molar-refractivity contribution in [3.63, 3.8) is 0 Å². The molecule has 0 bridgehead atoms. The van der Waals surface area contributed by atoms with Crippen LogP contribution in [-0.2, 0) is 4.74 Å². The number of amides is 1. The summed E-state index contributed by atoms with van der Waals surface area (Å²) in [6, 6.07) is 11.9. The molecule has 0 saturated carbocycles. The lowest BCUT2D eigenvalue weighted by Gasteiger charge is -2.11. The summed E-state index contributed by atoms with van der Waals surface area (Å²) in [6.07, 6.45) is -3.55. The Hall–Kier alpha value is -4.61. The molecule has 12 heteroatoms. The maximum Gasteiger partial charge on any atom is 0.573 e. The Bertz CT molecular complexity index is 1370. The molecule has 2 aromatic carbocycles. The van der Waals surface area contributed by atoms with Gasteiger partial charge in [-0.2, -0.15) is 4.98 Å². The highest BCUT2D eigenvalue weighted by molar-refractivity contribution is 6.02. The largest absolute Gasteiger partial charge is 0.573 e. The van der Waals surface area contributed by atoms with E-state index in [4.69, 9.17) is 9.15 Å². The highest BCUT2D eigenvalue weighted by atomic mass is 19.4. The van der Waals surface area contributed by atoms with Gasteiger partial charge in [-0.25, -0.2) is 4.79 Å². The smallest absolute Gasteiger partial charge is 0.465 e. The third kappa shape index (κ3) is 5.41. The van der Waals surface area contributed by atoms with Crippen molar-refractivity contribution in [1.29, 1.82) is 0 Å². The first-order chi connectivity index (χ1) is 16.2. The van der Waals surface area contributed by atoms with Crippen LogP contribution in [0, 0.1) is 0 Å². The molecule has 0 aliphatic carbocycles. The average molecular weight is 473 g/mol. The molecule has 4 rings (SSSR count). The molecule has 9 nitrogen and oxygen atoms in total. The number of esters is 1. The van der Waals surface area contributed by atoms with Crippen LogP contribution in [0.15, 0.2) is 65.2 Å². The first-order valence-electron chi connectivity index (χ1n) is 9.50. The highest BCUT2D eigenvalue weighted by Gasteiger charge is 2.31. The molecule has 0 spiro atoms. The zero-order valence-electron chi connectivity index (χ0n) is 17.3. The van der Waals surface area contributed by atoms with Gasteiger partial charge in [-0.05, 0) is 36.4 Å². The lowest BCUT2D eigenvalue weighted by atomic mass is 10.2. The fourth-order valence-corrected chi connectivity index (χ4v) is 2.86. The van der Waals surface area contributed by atoms with Gasteiger partial charge in [-0.1, -0.05) is 6.07 Å². The predicted molar refractivity (Wildman–Crippen MR) is 111 cm³/mol. The zero-order chi connectivity index (χ0) is 24.3. The van der Waals surface area contributed by atoms with Gasteiger partial charge in [0.05, 0.1) is 12.7 Å². The minimum absolute atomic E-state index is 0.0552. The molecule has 0 radical (unpaired) electrons. The number of ether oxygens (including phenoxy) is 3. The number of fused-ring (bicyclic) bond motifs is 1. The summed E-state index contributed by atoms with van der Waals surface area (Å²) in [5, 5.41) is 2.44. The van der Waals surface area contributed by atoms with Crippen LogP contribution in [0.3, 0.4) is 0 Å². The Morgan fingerprint density at radius 2 is 1.76 bits per heavy atom. The Kier molecular flexibility index (Phi) is 6.04. The Labute approximate surface area is 189 Å². The van der Waals surface area contributed by atoms with E-state index in [1.807, 2.05) is 0 Å². The number of carbonyl (C=O) groups is 2. The van der Waals surface area contributed by atoms with Crippen molar-refractivity contribution >= 4 is 29.0 Å². The van der Waals surface area contributed by atoms with Crippen LogP contribution >= 0.6 is 0 Å². The second-order valence-corrected chi connectivity index (χ2v) is 6.65. The number of alkyl halides is 3. The van der Waals surface area contributed by atoms with Gasteiger partial charge < -0.3 is 18.6 Å². The van der Waals surface area contributed by atoms with Crippen LogP contribution in [0.5, 0.6) is 17.2 Å². The monoisotopic (exact) mass is 473 g/mol. The fourth-order valence-electron chi connectivity index (χ4n) is 2.86. The standard InChI is InChI=1S/C22H14F3N3O6/c1-31-20(30)12-5-6-18-16(9-12)27-21(33-18)28-19(29)17-11-14(7-8-26-17)32-13-3-2-4-15(10-13)34-22(23,24)25/h2-11H,1H3,(H,27,28,29). The van der Waals surface area contributed by atoms with E-state index in [0.717, 1.165) is 12.1 Å². The maximum absolute atomic E-state index is 12.6. The van der Waals surface area contributed by atoms with E-state index in [2.05, 4.69) is 24.8 Å². The molecule has 2 heterocycles. The van der Waals surface area contributed by atoms with E-state index in [-0.39, 0.29) is 28.8 Å². The molecular weight excluding hydrogens is 459 g/mol. The summed E-state index contributed by atoms with van der Waals surface area (Å²) < 4.78 is 56.7. The quantitative estimate of drug-likeness (QED) is 0.392. The molecule has 0 fully saturated rings. The predicted octanol–water partition coefficient (Wildman–Crippen LogP) is 4.95. The van der Waals surface area contributed by atoms with E-state index in [1.165, 1.54) is 55.8 Å². The molecule has 1 N–H and O–H groups in total. The lowest BCUT2D eigenvalue weighted by molar-refractivity contribution is -0.274. The molecule has 34 heavy (non-hydrogen) atoms. The normalized spacial score (nSPS) is 11.2. The molecule has 0 atom stereocenters. The van der Waals surface area contributed by atoms with Crippen LogP contribution in [0.25, 0.3) is 11.1 Å². The van der Waals surface area contributed by atoms with Crippen LogP contribution in [0.2, 0.25) is 0 Å². The van der Waals surface area contributed by atoms with Gasteiger partial charge in [0.1, 0.15) is 28.5 Å². The lowest BCUT2D eigenvalue weighted by Crippen LogP contribution is -2.17. The van der Waals surface area contributed by atoms with Crippen molar-refractivity contribution < 1.29 is 41.4 Å². The molecule has 174 valence electrons. The number of hydrogen-bond donors (Lipinski definition) is 1. The van der Waals surface area contributed by atoms with Crippen molar-refractivity contribution in [2.24, 2.45) is 0 Å². The third-order valence-corrected chi connectivity index (χ3v) is 4.27. The van der Waals surface area contributed by atoms with Crippen LogP contribution in [0.4, 0.5) is 19.2 Å². The van der Waals surface area contributed by atoms with Crippen LogP contribution in [0.1, 0.15) is 20.8 Å². The van der Waals surface area contributed by atoms with Gasteiger partial charge in [0.25, 0.3) is 5.91 Å². The summed E-state index contributed by atoms with van der Waals surface area (Å²) in [5.41, 5.74) is 0.841. The van der Waals surface area contributed by atoms with E-state index in [1.54, 1.807) is 0 Å². The first-order valence-corrected chi connectivity index (χ1v) is 9.50. The van der Waals surface area contributed by atoms with Crippen LogP contribution < -0.4 is 14.8 Å². The molecule has 0 unspecified atom stereocenters. The summed E-state index contributed by atoms with van der Waals surface area (Å²) in [6.45, 7) is 0. The molecule has 2 aromatic heterocycles. The number of hydrogen-bond acceptors (Lipinski definition) is 8. The van der Waals surface area contributed by atoms with Gasteiger partial charge in [-0.15, -0.1) is 13.2 Å². The first kappa shape index (κ1) is 22.6. The van der Waals surface area contributed by atoms with Crippen molar-refractivity contribution in [3.05, 3.63) is 72.1 Å². The number of rotatable bonds is 6. The highest BCUT2D eigenvalue weighted by Crippen LogP contribution is 2.29. The molecule has 0 aliphatic rings. The number of carbonyl (C=O) groups excluding carboxylic acids is 2. The number of methoxy groups -OCH3 is 1. The van der Waals surface area contributed by atoms with E-state index in [0.29, 0.717) is 11.1 Å². The van der Waals surface area contributed by atoms with Gasteiger partial charge in [0, 0.05) is 18.3 Å². The molecule has 4 aromatic rings. The van der Waals surface area contributed by atoms with Gasteiger partial charge in [-0.3, -0.25) is 15.1 Å². The molecule has 0 saturated heterocycles. The minimum atomic E-state index is -4.84. The molecule has 0 aliphatic heterocycles. The number of benzene rings is 2. The van der Waals surface area contributed by atoms with Crippen molar-refractivity contribution in [2.75, 3.05) is 12.4 Å². The van der Waals surface area contributed by atoms with Crippen LogP contribution in [-0.4, -0.2) is 35.3 Å². The van der Waals surface area contributed by atoms with Crippen molar-refractivity contribution in [1.82, 2.24) is 9.97 Å².